The van der Waals surface area contributed by atoms with E-state index in [1.165, 1.54) is 6.07 Å². The van der Waals surface area contributed by atoms with Crippen molar-refractivity contribution >= 4 is 27.5 Å². The Hall–Kier alpha value is -0.900. The topological polar surface area (TPSA) is 26.0 Å². The third-order valence-electron chi connectivity index (χ3n) is 2.54. The van der Waals surface area contributed by atoms with Crippen molar-refractivity contribution in [2.45, 2.75) is 6.04 Å². The van der Waals surface area contributed by atoms with Crippen molar-refractivity contribution in [2.24, 2.45) is 5.73 Å². The maximum absolute atomic E-state index is 13.6. The molecule has 0 spiro atoms. The summed E-state index contributed by atoms with van der Waals surface area (Å²) in [6.07, 6.45) is 0. The molecule has 0 fully saturated rings. The van der Waals surface area contributed by atoms with E-state index in [2.05, 4.69) is 15.9 Å². The van der Waals surface area contributed by atoms with E-state index in [1.807, 2.05) is 0 Å². The molecule has 17 heavy (non-hydrogen) atoms. The predicted octanol–water partition coefficient (Wildman–Crippen LogP) is 4.29. The lowest BCUT2D eigenvalue weighted by Crippen LogP contribution is -2.13. The molecule has 2 N–H and O–H groups in total. The van der Waals surface area contributed by atoms with E-state index in [4.69, 9.17) is 17.3 Å². The SMILES string of the molecule is NC(c1ccc(Cl)c(Br)c1)c1ccccc1F. The van der Waals surface area contributed by atoms with Gasteiger partial charge in [-0.3, -0.25) is 0 Å². The van der Waals surface area contributed by atoms with E-state index in [0.29, 0.717) is 10.6 Å². The van der Waals surface area contributed by atoms with Crippen molar-refractivity contribution in [3.05, 3.63) is 68.9 Å². The summed E-state index contributed by atoms with van der Waals surface area (Å²) >= 11 is 9.23. The number of benzene rings is 2. The number of hydrogen-bond acceptors (Lipinski definition) is 1. The average Bonchev–Trinajstić information content (AvgIpc) is 2.32. The van der Waals surface area contributed by atoms with Crippen LogP contribution in [0.25, 0.3) is 0 Å². The van der Waals surface area contributed by atoms with Crippen LogP contribution in [0.3, 0.4) is 0 Å². The highest BCUT2D eigenvalue weighted by molar-refractivity contribution is 9.10. The third-order valence-corrected chi connectivity index (χ3v) is 3.76. The highest BCUT2D eigenvalue weighted by Crippen LogP contribution is 2.28. The fraction of sp³-hybridized carbons (Fsp3) is 0.0769. The molecule has 1 nitrogen and oxygen atoms in total. The molecule has 0 amide bonds. The molecule has 4 heteroatoms. The predicted molar refractivity (Wildman–Crippen MR) is 71.6 cm³/mol. The third kappa shape index (κ3) is 2.68. The van der Waals surface area contributed by atoms with E-state index >= 15 is 0 Å². The Bertz CT molecular complexity index is 545. The second-order valence-electron chi connectivity index (χ2n) is 3.67. The van der Waals surface area contributed by atoms with Gasteiger partial charge in [0, 0.05) is 10.0 Å². The van der Waals surface area contributed by atoms with Crippen LogP contribution in [0.15, 0.2) is 46.9 Å². The first kappa shape index (κ1) is 12.6. The second kappa shape index (κ2) is 5.17. The standard InChI is InChI=1S/C13H10BrClFN/c14-10-7-8(5-6-11(10)15)13(17)9-3-1-2-4-12(9)16/h1-7,13H,17H2. The van der Waals surface area contributed by atoms with Crippen LogP contribution in [0, 0.1) is 5.82 Å². The molecule has 0 heterocycles. The molecule has 2 aromatic rings. The van der Waals surface area contributed by atoms with Crippen molar-refractivity contribution in [3.8, 4) is 0 Å². The highest BCUT2D eigenvalue weighted by Gasteiger charge is 2.13. The van der Waals surface area contributed by atoms with Gasteiger partial charge in [0.15, 0.2) is 0 Å². The monoisotopic (exact) mass is 313 g/mol. The van der Waals surface area contributed by atoms with Gasteiger partial charge in [-0.1, -0.05) is 35.9 Å². The fourth-order valence-electron chi connectivity index (χ4n) is 1.61. The summed E-state index contributed by atoms with van der Waals surface area (Å²) in [5.74, 6) is -0.300. The summed E-state index contributed by atoms with van der Waals surface area (Å²) in [4.78, 5) is 0. The molecule has 2 rings (SSSR count). The van der Waals surface area contributed by atoms with E-state index in [-0.39, 0.29) is 5.82 Å². The van der Waals surface area contributed by atoms with Crippen LogP contribution in [0.5, 0.6) is 0 Å². The summed E-state index contributed by atoms with van der Waals surface area (Å²) in [6.45, 7) is 0. The Morgan fingerprint density at radius 3 is 2.53 bits per heavy atom. The van der Waals surface area contributed by atoms with Crippen LogP contribution >= 0.6 is 27.5 Å². The number of hydrogen-bond donors (Lipinski definition) is 1. The lowest BCUT2D eigenvalue weighted by atomic mass is 9.99. The van der Waals surface area contributed by atoms with Crippen molar-refractivity contribution in [1.82, 2.24) is 0 Å². The Morgan fingerprint density at radius 2 is 1.88 bits per heavy atom. The summed E-state index contributed by atoms with van der Waals surface area (Å²) in [6, 6.07) is 11.3. The average molecular weight is 315 g/mol. The normalized spacial score (nSPS) is 12.5. The van der Waals surface area contributed by atoms with Crippen molar-refractivity contribution in [2.75, 3.05) is 0 Å². The van der Waals surface area contributed by atoms with Crippen LogP contribution in [-0.4, -0.2) is 0 Å². The van der Waals surface area contributed by atoms with Crippen molar-refractivity contribution < 1.29 is 4.39 Å². The van der Waals surface area contributed by atoms with E-state index in [9.17, 15) is 4.39 Å². The zero-order chi connectivity index (χ0) is 12.4. The molecular formula is C13H10BrClFN. The summed E-state index contributed by atoms with van der Waals surface area (Å²) in [7, 11) is 0. The molecule has 0 saturated heterocycles. The molecule has 0 radical (unpaired) electrons. The van der Waals surface area contributed by atoms with Gasteiger partial charge in [0.25, 0.3) is 0 Å². The quantitative estimate of drug-likeness (QED) is 0.879. The molecule has 0 aliphatic heterocycles. The van der Waals surface area contributed by atoms with Gasteiger partial charge in [0.2, 0.25) is 0 Å². The Kier molecular flexibility index (Phi) is 3.82. The molecule has 0 aromatic heterocycles. The van der Waals surface area contributed by atoms with E-state index < -0.39 is 6.04 Å². The highest BCUT2D eigenvalue weighted by atomic mass is 79.9. The summed E-state index contributed by atoms with van der Waals surface area (Å²) in [5, 5.41) is 0.606. The Balaban J connectivity index is 2.40. The zero-order valence-electron chi connectivity index (χ0n) is 8.83. The molecular weight excluding hydrogens is 305 g/mol. The van der Waals surface area contributed by atoms with Crippen LogP contribution in [0.2, 0.25) is 5.02 Å². The first-order valence-corrected chi connectivity index (χ1v) is 6.21. The minimum atomic E-state index is -0.496. The molecule has 0 bridgehead atoms. The maximum Gasteiger partial charge on any atom is 0.128 e. The first-order chi connectivity index (χ1) is 8.09. The molecule has 1 unspecified atom stereocenters. The maximum atomic E-state index is 13.6. The van der Waals surface area contributed by atoms with E-state index in [0.717, 1.165) is 10.0 Å². The Labute approximate surface area is 113 Å². The van der Waals surface area contributed by atoms with Gasteiger partial charge >= 0.3 is 0 Å². The minimum absolute atomic E-state index is 0.300. The zero-order valence-corrected chi connectivity index (χ0v) is 11.2. The van der Waals surface area contributed by atoms with Gasteiger partial charge in [0.05, 0.1) is 11.1 Å². The van der Waals surface area contributed by atoms with Gasteiger partial charge in [-0.15, -0.1) is 0 Å². The molecule has 0 saturated carbocycles. The lowest BCUT2D eigenvalue weighted by molar-refractivity contribution is 0.599. The molecule has 1 atom stereocenters. The molecule has 88 valence electrons. The smallest absolute Gasteiger partial charge is 0.128 e. The van der Waals surface area contributed by atoms with Crippen LogP contribution in [0.1, 0.15) is 17.2 Å². The van der Waals surface area contributed by atoms with E-state index in [1.54, 1.807) is 36.4 Å². The molecule has 0 aliphatic rings. The van der Waals surface area contributed by atoms with Crippen LogP contribution in [-0.2, 0) is 0 Å². The fourth-order valence-corrected chi connectivity index (χ4v) is 2.13. The summed E-state index contributed by atoms with van der Waals surface area (Å²) < 4.78 is 14.3. The Morgan fingerprint density at radius 1 is 1.18 bits per heavy atom. The number of rotatable bonds is 2. The van der Waals surface area contributed by atoms with Crippen LogP contribution < -0.4 is 5.73 Å². The van der Waals surface area contributed by atoms with Gasteiger partial charge < -0.3 is 5.73 Å². The molecule has 2 aromatic carbocycles. The van der Waals surface area contributed by atoms with Crippen LogP contribution in [0.4, 0.5) is 4.39 Å². The summed E-state index contributed by atoms with van der Waals surface area (Å²) in [5.41, 5.74) is 7.32. The van der Waals surface area contributed by atoms with Gasteiger partial charge in [-0.25, -0.2) is 4.39 Å². The number of nitrogens with two attached hydrogens (primary N) is 1. The minimum Gasteiger partial charge on any atom is -0.320 e. The first-order valence-electron chi connectivity index (χ1n) is 5.04. The number of halogens is 3. The van der Waals surface area contributed by atoms with Crippen molar-refractivity contribution in [3.63, 3.8) is 0 Å². The van der Waals surface area contributed by atoms with Gasteiger partial charge in [0.1, 0.15) is 5.82 Å². The second-order valence-corrected chi connectivity index (χ2v) is 4.93. The van der Waals surface area contributed by atoms with Gasteiger partial charge in [-0.05, 0) is 39.7 Å². The lowest BCUT2D eigenvalue weighted by Gasteiger charge is -2.14. The van der Waals surface area contributed by atoms with Crippen molar-refractivity contribution in [1.29, 1.82) is 0 Å². The van der Waals surface area contributed by atoms with Gasteiger partial charge in [-0.2, -0.15) is 0 Å². The largest absolute Gasteiger partial charge is 0.320 e. The molecule has 0 aliphatic carbocycles.